The van der Waals surface area contributed by atoms with Crippen LogP contribution in [0.3, 0.4) is 0 Å². The summed E-state index contributed by atoms with van der Waals surface area (Å²) in [6.45, 7) is 3.44. The van der Waals surface area contributed by atoms with E-state index < -0.39 is 0 Å². The Kier molecular flexibility index (Phi) is 2.24. The smallest absolute Gasteiger partial charge is 0.105 e. The first-order valence-electron chi connectivity index (χ1n) is 1.64. The zero-order chi connectivity index (χ0) is 4.99. The molecule has 4 N–H and O–H groups in total. The van der Waals surface area contributed by atoms with E-state index in [1.54, 1.807) is 7.05 Å². The Balaban J connectivity index is 2.99. The molecule has 36 valence electrons. The molecule has 0 atom stereocenters. The van der Waals surface area contributed by atoms with E-state index in [4.69, 9.17) is 5.84 Å². The second kappa shape index (κ2) is 2.53. The zero-order valence-corrected chi connectivity index (χ0v) is 3.78. The molecule has 3 nitrogen and oxygen atoms in total. The third-order valence-electron chi connectivity index (χ3n) is 0.476. The van der Waals surface area contributed by atoms with Crippen LogP contribution in [0.2, 0.25) is 0 Å². The number of hydrogen-bond acceptors (Lipinski definition) is 3. The average molecular weight is 87.1 g/mol. The van der Waals surface area contributed by atoms with Crippen LogP contribution in [0.25, 0.3) is 0 Å². The van der Waals surface area contributed by atoms with Gasteiger partial charge in [0, 0.05) is 7.05 Å². The van der Waals surface area contributed by atoms with Gasteiger partial charge < -0.3 is 10.7 Å². The first-order valence-corrected chi connectivity index (χ1v) is 1.64. The van der Waals surface area contributed by atoms with Crippen molar-refractivity contribution >= 4 is 0 Å². The van der Waals surface area contributed by atoms with Gasteiger partial charge in [-0.25, -0.2) is 5.84 Å². The molecule has 0 radical (unpaired) electrons. The van der Waals surface area contributed by atoms with Crippen LogP contribution in [-0.2, 0) is 0 Å². The van der Waals surface area contributed by atoms with Gasteiger partial charge in [0.1, 0.15) is 5.82 Å². The Morgan fingerprint density at radius 1 is 1.83 bits per heavy atom. The highest BCUT2D eigenvalue weighted by Gasteiger charge is 1.72. The van der Waals surface area contributed by atoms with Gasteiger partial charge in [0.25, 0.3) is 0 Å². The van der Waals surface area contributed by atoms with Gasteiger partial charge in [0.05, 0.1) is 0 Å². The molecule has 0 amide bonds. The Morgan fingerprint density at radius 3 is 2.33 bits per heavy atom. The molecule has 0 aromatic carbocycles. The highest BCUT2D eigenvalue weighted by Crippen LogP contribution is 1.60. The predicted molar refractivity (Wildman–Crippen MR) is 25.5 cm³/mol. The van der Waals surface area contributed by atoms with Crippen molar-refractivity contribution in [1.82, 2.24) is 10.7 Å². The second-order valence-electron chi connectivity index (χ2n) is 0.873. The predicted octanol–water partition coefficient (Wildman–Crippen LogP) is -0.860. The van der Waals surface area contributed by atoms with E-state index in [9.17, 15) is 0 Å². The number of nitrogens with one attached hydrogen (secondary N) is 2. The molecule has 0 aliphatic rings. The fraction of sp³-hybridized carbons (Fsp3) is 0.333. The van der Waals surface area contributed by atoms with Crippen LogP contribution in [0.5, 0.6) is 0 Å². The topological polar surface area (TPSA) is 50.1 Å². The lowest BCUT2D eigenvalue weighted by Crippen LogP contribution is -2.27. The van der Waals surface area contributed by atoms with E-state index in [0.717, 1.165) is 0 Å². The minimum absolute atomic E-state index is 0.620. The van der Waals surface area contributed by atoms with Crippen molar-refractivity contribution in [3.05, 3.63) is 12.4 Å². The van der Waals surface area contributed by atoms with Crippen molar-refractivity contribution in [2.75, 3.05) is 7.05 Å². The molecule has 0 heterocycles. The van der Waals surface area contributed by atoms with Crippen molar-refractivity contribution in [2.45, 2.75) is 0 Å². The van der Waals surface area contributed by atoms with E-state index in [-0.39, 0.29) is 0 Å². The monoisotopic (exact) mass is 87.1 g/mol. The first kappa shape index (κ1) is 5.30. The lowest BCUT2D eigenvalue weighted by molar-refractivity contribution is 0.786. The standard InChI is InChI=1S/C3H9N3/c1-3(5-2)6-4/h5-6H,1,4H2,2H3. The van der Waals surface area contributed by atoms with Crippen LogP contribution in [0.1, 0.15) is 0 Å². The molecule has 0 unspecified atom stereocenters. The summed E-state index contributed by atoms with van der Waals surface area (Å²) in [4.78, 5) is 0. The number of rotatable bonds is 2. The zero-order valence-electron chi connectivity index (χ0n) is 3.78. The summed E-state index contributed by atoms with van der Waals surface area (Å²) in [7, 11) is 1.74. The molecule has 0 aliphatic carbocycles. The Labute approximate surface area is 37.2 Å². The maximum atomic E-state index is 4.87. The van der Waals surface area contributed by atoms with Gasteiger partial charge >= 0.3 is 0 Å². The Hall–Kier alpha value is -0.700. The molecule has 0 aromatic heterocycles. The Bertz CT molecular complexity index is 44.0. The molecular formula is C3H9N3. The van der Waals surface area contributed by atoms with Crippen LogP contribution in [0.15, 0.2) is 12.4 Å². The quantitative estimate of drug-likeness (QED) is 0.303. The van der Waals surface area contributed by atoms with E-state index in [0.29, 0.717) is 5.82 Å². The summed E-state index contributed by atoms with van der Waals surface area (Å²) in [5.74, 6) is 5.49. The van der Waals surface area contributed by atoms with Crippen LogP contribution in [0, 0.1) is 0 Å². The molecular weight excluding hydrogens is 78.1 g/mol. The molecule has 0 bridgehead atoms. The molecule has 0 aromatic rings. The first-order chi connectivity index (χ1) is 2.81. The summed E-state index contributed by atoms with van der Waals surface area (Å²) >= 11 is 0. The van der Waals surface area contributed by atoms with Crippen LogP contribution >= 0.6 is 0 Å². The molecule has 3 heteroatoms. The highest BCUT2D eigenvalue weighted by molar-refractivity contribution is 4.81. The van der Waals surface area contributed by atoms with Gasteiger partial charge in [-0.3, -0.25) is 0 Å². The third-order valence-corrected chi connectivity index (χ3v) is 0.476. The summed E-state index contributed by atoms with van der Waals surface area (Å²) in [5.41, 5.74) is 2.31. The summed E-state index contributed by atoms with van der Waals surface area (Å²) in [6.07, 6.45) is 0. The molecule has 0 aliphatic heterocycles. The van der Waals surface area contributed by atoms with Crippen molar-refractivity contribution in [3.63, 3.8) is 0 Å². The van der Waals surface area contributed by atoms with Crippen LogP contribution in [-0.4, -0.2) is 7.05 Å². The summed E-state index contributed by atoms with van der Waals surface area (Å²) in [5, 5.41) is 2.68. The van der Waals surface area contributed by atoms with Gasteiger partial charge in [0.15, 0.2) is 0 Å². The number of hydrogen-bond donors (Lipinski definition) is 3. The summed E-state index contributed by atoms with van der Waals surface area (Å²) < 4.78 is 0. The van der Waals surface area contributed by atoms with E-state index in [1.807, 2.05) is 0 Å². The van der Waals surface area contributed by atoms with E-state index in [2.05, 4.69) is 17.3 Å². The van der Waals surface area contributed by atoms with Crippen molar-refractivity contribution in [2.24, 2.45) is 5.84 Å². The average Bonchev–Trinajstić information content (AvgIpc) is 1.65. The lowest BCUT2D eigenvalue weighted by atomic mass is 10.8. The number of hydrazine groups is 1. The summed E-state index contributed by atoms with van der Waals surface area (Å²) in [6, 6.07) is 0. The van der Waals surface area contributed by atoms with Gasteiger partial charge in [0.2, 0.25) is 0 Å². The second-order valence-corrected chi connectivity index (χ2v) is 0.873. The van der Waals surface area contributed by atoms with Gasteiger partial charge in [-0.15, -0.1) is 0 Å². The molecule has 0 fully saturated rings. The minimum Gasteiger partial charge on any atom is -0.374 e. The highest BCUT2D eigenvalue weighted by atomic mass is 15.3. The maximum Gasteiger partial charge on any atom is 0.105 e. The maximum absolute atomic E-state index is 4.87. The molecule has 0 rings (SSSR count). The van der Waals surface area contributed by atoms with Gasteiger partial charge in [-0.2, -0.15) is 0 Å². The minimum atomic E-state index is 0.620. The van der Waals surface area contributed by atoms with Crippen molar-refractivity contribution in [1.29, 1.82) is 0 Å². The van der Waals surface area contributed by atoms with Crippen molar-refractivity contribution < 1.29 is 0 Å². The third kappa shape index (κ3) is 1.60. The Morgan fingerprint density at radius 2 is 2.33 bits per heavy atom. The normalized spacial score (nSPS) is 7.00. The lowest BCUT2D eigenvalue weighted by Gasteiger charge is -1.98. The molecule has 6 heavy (non-hydrogen) atoms. The largest absolute Gasteiger partial charge is 0.374 e. The van der Waals surface area contributed by atoms with Crippen molar-refractivity contribution in [3.8, 4) is 0 Å². The van der Waals surface area contributed by atoms with E-state index in [1.165, 1.54) is 0 Å². The fourth-order valence-electron chi connectivity index (χ4n) is 0.0722. The molecule has 0 saturated carbocycles. The van der Waals surface area contributed by atoms with Crippen LogP contribution < -0.4 is 16.6 Å². The fourth-order valence-corrected chi connectivity index (χ4v) is 0.0722. The van der Waals surface area contributed by atoms with E-state index >= 15 is 0 Å². The molecule has 0 spiro atoms. The number of nitrogens with two attached hydrogens (primary N) is 1. The van der Waals surface area contributed by atoms with Crippen LogP contribution in [0.4, 0.5) is 0 Å². The SMILES string of the molecule is C=C(NC)NN. The van der Waals surface area contributed by atoms with Gasteiger partial charge in [-0.1, -0.05) is 6.58 Å². The molecule has 0 saturated heterocycles. The van der Waals surface area contributed by atoms with Gasteiger partial charge in [-0.05, 0) is 0 Å².